The fraction of sp³-hybridized carbons (Fsp3) is 0.684. The van der Waals surface area contributed by atoms with Crippen molar-refractivity contribution in [2.24, 2.45) is 5.92 Å². The summed E-state index contributed by atoms with van der Waals surface area (Å²) in [6.07, 6.45) is 12.9. The van der Waals surface area contributed by atoms with Crippen LogP contribution >= 0.6 is 0 Å². The van der Waals surface area contributed by atoms with Crippen molar-refractivity contribution in [2.45, 2.75) is 63.8 Å². The molecule has 0 unspecified atom stereocenters. The average Bonchev–Trinajstić information content (AvgIpc) is 2.55. The molecule has 0 aromatic heterocycles. The van der Waals surface area contributed by atoms with Crippen LogP contribution in [-0.4, -0.2) is 24.0 Å². The predicted octanol–water partition coefficient (Wildman–Crippen LogP) is 4.66. The van der Waals surface area contributed by atoms with Crippen LogP contribution in [0.15, 0.2) is 30.3 Å². The Morgan fingerprint density at radius 1 is 0.850 bits per heavy atom. The lowest BCUT2D eigenvalue weighted by atomic mass is 9.80. The Kier molecular flexibility index (Phi) is 5.13. The molecule has 0 bridgehead atoms. The van der Waals surface area contributed by atoms with E-state index in [0.29, 0.717) is 0 Å². The minimum absolute atomic E-state index is 0.804. The molecule has 1 heteroatoms. The predicted molar refractivity (Wildman–Crippen MR) is 85.9 cm³/mol. The molecule has 0 N–H and O–H groups in total. The summed E-state index contributed by atoms with van der Waals surface area (Å²) in [5, 5.41) is 0. The first-order valence-corrected chi connectivity index (χ1v) is 8.71. The van der Waals surface area contributed by atoms with Gasteiger partial charge < -0.3 is 0 Å². The molecule has 1 saturated carbocycles. The van der Waals surface area contributed by atoms with Gasteiger partial charge in [-0.1, -0.05) is 56.0 Å². The van der Waals surface area contributed by atoms with E-state index in [-0.39, 0.29) is 0 Å². The molecule has 1 heterocycles. The van der Waals surface area contributed by atoms with Crippen LogP contribution in [0, 0.1) is 5.92 Å². The molecular formula is C19H29N. The van der Waals surface area contributed by atoms with Gasteiger partial charge in [-0.05, 0) is 56.7 Å². The normalized spacial score (nSPS) is 23.6. The van der Waals surface area contributed by atoms with Crippen molar-refractivity contribution in [1.29, 1.82) is 0 Å². The lowest BCUT2D eigenvalue weighted by Crippen LogP contribution is -2.45. The van der Waals surface area contributed by atoms with E-state index >= 15 is 0 Å². The molecule has 1 atom stereocenters. The van der Waals surface area contributed by atoms with Crippen molar-refractivity contribution in [1.82, 2.24) is 4.90 Å². The molecule has 1 aromatic carbocycles. The molecule has 2 fully saturated rings. The molecule has 0 amide bonds. The van der Waals surface area contributed by atoms with E-state index in [4.69, 9.17) is 0 Å². The van der Waals surface area contributed by atoms with Crippen molar-refractivity contribution in [2.75, 3.05) is 13.1 Å². The van der Waals surface area contributed by atoms with Gasteiger partial charge in [-0.2, -0.15) is 0 Å². The molecule has 1 nitrogen and oxygen atoms in total. The van der Waals surface area contributed by atoms with Gasteiger partial charge in [-0.25, -0.2) is 0 Å². The lowest BCUT2D eigenvalue weighted by Gasteiger charge is -2.41. The summed E-state index contributed by atoms with van der Waals surface area (Å²) in [5.74, 6) is 0.946. The van der Waals surface area contributed by atoms with E-state index in [1.165, 1.54) is 76.4 Å². The molecule has 1 saturated heterocycles. The van der Waals surface area contributed by atoms with Gasteiger partial charge in [0.25, 0.3) is 0 Å². The second-order valence-electron chi connectivity index (χ2n) is 6.75. The number of likely N-dealkylation sites (tertiary alicyclic amines) is 1. The largest absolute Gasteiger partial charge is 0.300 e. The maximum absolute atomic E-state index is 2.83. The fourth-order valence-corrected chi connectivity index (χ4v) is 4.22. The number of benzene rings is 1. The van der Waals surface area contributed by atoms with Crippen molar-refractivity contribution in [3.05, 3.63) is 35.9 Å². The van der Waals surface area contributed by atoms with Gasteiger partial charge in [0.1, 0.15) is 0 Å². The minimum Gasteiger partial charge on any atom is -0.300 e. The third-order valence-corrected chi connectivity index (χ3v) is 5.34. The highest BCUT2D eigenvalue weighted by molar-refractivity contribution is 5.16. The van der Waals surface area contributed by atoms with E-state index in [2.05, 4.69) is 35.2 Å². The Hall–Kier alpha value is -0.820. The molecule has 0 spiro atoms. The van der Waals surface area contributed by atoms with Gasteiger partial charge in [-0.15, -0.1) is 0 Å². The van der Waals surface area contributed by atoms with Crippen molar-refractivity contribution in [3.63, 3.8) is 0 Å². The minimum atomic E-state index is 0.804. The zero-order valence-electron chi connectivity index (χ0n) is 12.8. The Balaban J connectivity index is 1.71. The maximum atomic E-state index is 2.83. The topological polar surface area (TPSA) is 3.24 Å². The lowest BCUT2D eigenvalue weighted by molar-refractivity contribution is 0.0964. The monoisotopic (exact) mass is 271 g/mol. The van der Waals surface area contributed by atoms with Gasteiger partial charge in [0.15, 0.2) is 0 Å². The van der Waals surface area contributed by atoms with E-state index in [9.17, 15) is 0 Å². The SMILES string of the molecule is c1ccc(C[C@H](C2CCCCC2)N2CCCCC2)cc1. The summed E-state index contributed by atoms with van der Waals surface area (Å²) in [6.45, 7) is 2.68. The summed E-state index contributed by atoms with van der Waals surface area (Å²) in [5.41, 5.74) is 1.54. The molecule has 1 aromatic rings. The standard InChI is InChI=1S/C19H29N/c1-4-10-17(11-5-1)16-19(18-12-6-2-7-13-18)20-14-8-3-9-15-20/h1,4-5,10-11,18-19H,2-3,6-9,12-16H2/t19-/m1/s1. The zero-order chi connectivity index (χ0) is 13.6. The van der Waals surface area contributed by atoms with Gasteiger partial charge in [0.05, 0.1) is 0 Å². The number of hydrogen-bond donors (Lipinski definition) is 0. The Morgan fingerprint density at radius 2 is 1.50 bits per heavy atom. The first-order valence-electron chi connectivity index (χ1n) is 8.71. The molecule has 0 radical (unpaired) electrons. The van der Waals surface area contributed by atoms with Gasteiger partial charge in [0.2, 0.25) is 0 Å². The molecule has 1 aliphatic carbocycles. The van der Waals surface area contributed by atoms with E-state index in [1.54, 1.807) is 0 Å². The van der Waals surface area contributed by atoms with Crippen LogP contribution in [0.4, 0.5) is 0 Å². The Morgan fingerprint density at radius 3 is 2.20 bits per heavy atom. The Bertz CT molecular complexity index is 356. The highest BCUT2D eigenvalue weighted by Gasteiger charge is 2.29. The second-order valence-corrected chi connectivity index (χ2v) is 6.75. The van der Waals surface area contributed by atoms with Crippen molar-refractivity contribution >= 4 is 0 Å². The summed E-state index contributed by atoms with van der Waals surface area (Å²) in [6, 6.07) is 12.0. The van der Waals surface area contributed by atoms with Crippen LogP contribution in [0.2, 0.25) is 0 Å². The van der Waals surface area contributed by atoms with Crippen molar-refractivity contribution in [3.8, 4) is 0 Å². The van der Waals surface area contributed by atoms with Crippen LogP contribution in [-0.2, 0) is 6.42 Å². The highest BCUT2D eigenvalue weighted by atomic mass is 15.2. The third kappa shape index (κ3) is 3.63. The second kappa shape index (κ2) is 7.26. The number of piperidine rings is 1. The molecule has 3 rings (SSSR count). The Labute approximate surface area is 124 Å². The fourth-order valence-electron chi connectivity index (χ4n) is 4.22. The molecule has 20 heavy (non-hydrogen) atoms. The summed E-state index contributed by atoms with van der Waals surface area (Å²) >= 11 is 0. The van der Waals surface area contributed by atoms with Crippen LogP contribution in [0.25, 0.3) is 0 Å². The van der Waals surface area contributed by atoms with E-state index < -0.39 is 0 Å². The van der Waals surface area contributed by atoms with E-state index in [1.807, 2.05) is 0 Å². The summed E-state index contributed by atoms with van der Waals surface area (Å²) in [4.78, 5) is 2.83. The average molecular weight is 271 g/mol. The molecular weight excluding hydrogens is 242 g/mol. The number of hydrogen-bond acceptors (Lipinski definition) is 1. The molecule has 110 valence electrons. The molecule has 1 aliphatic heterocycles. The summed E-state index contributed by atoms with van der Waals surface area (Å²) < 4.78 is 0. The van der Waals surface area contributed by atoms with Crippen LogP contribution < -0.4 is 0 Å². The van der Waals surface area contributed by atoms with Gasteiger partial charge in [-0.3, -0.25) is 4.90 Å². The number of rotatable bonds is 4. The zero-order valence-corrected chi connectivity index (χ0v) is 12.8. The first kappa shape index (κ1) is 14.1. The smallest absolute Gasteiger partial charge is 0.0164 e. The van der Waals surface area contributed by atoms with Gasteiger partial charge in [0, 0.05) is 6.04 Å². The molecule has 2 aliphatic rings. The van der Waals surface area contributed by atoms with Gasteiger partial charge >= 0.3 is 0 Å². The maximum Gasteiger partial charge on any atom is 0.0164 e. The van der Waals surface area contributed by atoms with Crippen LogP contribution in [0.3, 0.4) is 0 Å². The summed E-state index contributed by atoms with van der Waals surface area (Å²) in [7, 11) is 0. The first-order chi connectivity index (χ1) is 9.93. The van der Waals surface area contributed by atoms with Crippen molar-refractivity contribution < 1.29 is 0 Å². The quantitative estimate of drug-likeness (QED) is 0.769. The van der Waals surface area contributed by atoms with Crippen LogP contribution in [0.5, 0.6) is 0 Å². The number of nitrogens with zero attached hydrogens (tertiary/aromatic N) is 1. The van der Waals surface area contributed by atoms with E-state index in [0.717, 1.165) is 12.0 Å². The van der Waals surface area contributed by atoms with Crippen LogP contribution in [0.1, 0.15) is 56.9 Å². The third-order valence-electron chi connectivity index (χ3n) is 5.34. The highest BCUT2D eigenvalue weighted by Crippen LogP contribution is 2.32.